The number of nitrogens with zero attached hydrogens (tertiary/aromatic N) is 1. The summed E-state index contributed by atoms with van der Waals surface area (Å²) in [6, 6.07) is 2.08. The molecule has 0 saturated heterocycles. The van der Waals surface area contributed by atoms with Crippen molar-refractivity contribution in [2.24, 2.45) is 0 Å². The molecule has 1 heterocycles. The van der Waals surface area contributed by atoms with E-state index >= 15 is 0 Å². The third-order valence-electron chi connectivity index (χ3n) is 2.70. The van der Waals surface area contributed by atoms with Gasteiger partial charge in [0.2, 0.25) is 0 Å². The van der Waals surface area contributed by atoms with Crippen LogP contribution < -0.4 is 5.32 Å². The lowest BCUT2D eigenvalue weighted by Crippen LogP contribution is -2.34. The number of aromatic nitrogens is 2. The normalized spacial score (nSPS) is 10.8. The van der Waals surface area contributed by atoms with Crippen LogP contribution in [-0.4, -0.2) is 22.1 Å². The molecule has 0 unspecified atom stereocenters. The van der Waals surface area contributed by atoms with Crippen LogP contribution in [0.15, 0.2) is 6.07 Å². The Balaban J connectivity index is 2.58. The van der Waals surface area contributed by atoms with Gasteiger partial charge >= 0.3 is 0 Å². The molecule has 90 valence electrons. The molecule has 1 amide bonds. The highest BCUT2D eigenvalue weighted by Crippen LogP contribution is 2.04. The van der Waals surface area contributed by atoms with Crippen molar-refractivity contribution < 1.29 is 4.79 Å². The summed E-state index contributed by atoms with van der Waals surface area (Å²) in [5, 5.41) is 9.87. The van der Waals surface area contributed by atoms with Gasteiger partial charge in [0.15, 0.2) is 0 Å². The fourth-order valence-corrected chi connectivity index (χ4v) is 1.63. The van der Waals surface area contributed by atoms with Gasteiger partial charge in [-0.3, -0.25) is 9.89 Å². The predicted molar refractivity (Wildman–Crippen MR) is 64.4 cm³/mol. The van der Waals surface area contributed by atoms with Crippen molar-refractivity contribution in [1.82, 2.24) is 15.5 Å². The van der Waals surface area contributed by atoms with E-state index in [4.69, 9.17) is 0 Å². The van der Waals surface area contributed by atoms with Gasteiger partial charge in [-0.05, 0) is 25.3 Å². The fraction of sp³-hybridized carbons (Fsp3) is 0.667. The number of carbonyl (C=O) groups is 1. The molecule has 4 heteroatoms. The van der Waals surface area contributed by atoms with E-state index in [0.717, 1.165) is 31.4 Å². The van der Waals surface area contributed by atoms with Crippen molar-refractivity contribution in [2.75, 3.05) is 0 Å². The maximum atomic E-state index is 11.8. The molecule has 4 nitrogen and oxygen atoms in total. The van der Waals surface area contributed by atoms with E-state index in [1.807, 2.05) is 6.07 Å². The summed E-state index contributed by atoms with van der Waals surface area (Å²) in [4.78, 5) is 11.8. The largest absolute Gasteiger partial charge is 0.348 e. The number of hydrogen-bond donors (Lipinski definition) is 2. The van der Waals surface area contributed by atoms with Crippen LogP contribution in [0, 0.1) is 0 Å². The second kappa shape index (κ2) is 6.30. The summed E-state index contributed by atoms with van der Waals surface area (Å²) in [6.07, 6.45) is 3.89. The SMILES string of the molecule is CCCc1cc(C(=O)NC(CC)CC)n[nH]1. The molecule has 0 fully saturated rings. The number of H-pyrrole nitrogens is 1. The minimum Gasteiger partial charge on any atom is -0.348 e. The Morgan fingerprint density at radius 1 is 1.44 bits per heavy atom. The van der Waals surface area contributed by atoms with Crippen molar-refractivity contribution in [3.05, 3.63) is 17.5 Å². The monoisotopic (exact) mass is 223 g/mol. The average Bonchev–Trinajstić information content (AvgIpc) is 2.74. The number of aryl methyl sites for hydroxylation is 1. The van der Waals surface area contributed by atoms with E-state index in [-0.39, 0.29) is 11.9 Å². The van der Waals surface area contributed by atoms with Crippen LogP contribution in [-0.2, 0) is 6.42 Å². The van der Waals surface area contributed by atoms with E-state index in [2.05, 4.69) is 36.3 Å². The third kappa shape index (κ3) is 3.36. The van der Waals surface area contributed by atoms with Crippen LogP contribution >= 0.6 is 0 Å². The Morgan fingerprint density at radius 2 is 2.12 bits per heavy atom. The number of carbonyl (C=O) groups excluding carboxylic acids is 1. The van der Waals surface area contributed by atoms with Gasteiger partial charge in [-0.1, -0.05) is 27.2 Å². The molecular weight excluding hydrogens is 202 g/mol. The Morgan fingerprint density at radius 3 is 2.69 bits per heavy atom. The summed E-state index contributed by atoms with van der Waals surface area (Å²) < 4.78 is 0. The van der Waals surface area contributed by atoms with Crippen molar-refractivity contribution >= 4 is 5.91 Å². The van der Waals surface area contributed by atoms with Gasteiger partial charge < -0.3 is 5.32 Å². The van der Waals surface area contributed by atoms with E-state index in [1.165, 1.54) is 0 Å². The van der Waals surface area contributed by atoms with Gasteiger partial charge in [0.05, 0.1) is 0 Å². The first kappa shape index (κ1) is 12.7. The number of rotatable bonds is 6. The predicted octanol–water partition coefficient (Wildman–Crippen LogP) is 2.28. The molecule has 2 N–H and O–H groups in total. The van der Waals surface area contributed by atoms with Crippen LogP contribution in [0.1, 0.15) is 56.2 Å². The highest BCUT2D eigenvalue weighted by molar-refractivity contribution is 5.92. The molecule has 0 aliphatic carbocycles. The van der Waals surface area contributed by atoms with Gasteiger partial charge in [-0.25, -0.2) is 0 Å². The summed E-state index contributed by atoms with van der Waals surface area (Å²) in [7, 11) is 0. The second-order valence-corrected chi connectivity index (χ2v) is 4.02. The zero-order valence-corrected chi connectivity index (χ0v) is 10.3. The lowest BCUT2D eigenvalue weighted by Gasteiger charge is -2.13. The highest BCUT2D eigenvalue weighted by atomic mass is 16.2. The standard InChI is InChI=1S/C12H21N3O/c1-4-7-10-8-11(15-14-10)12(16)13-9(5-2)6-3/h8-9H,4-7H2,1-3H3,(H,13,16)(H,14,15). The van der Waals surface area contributed by atoms with E-state index in [9.17, 15) is 4.79 Å². The number of nitrogens with one attached hydrogen (secondary N) is 2. The lowest BCUT2D eigenvalue weighted by atomic mass is 10.1. The topological polar surface area (TPSA) is 57.8 Å². The number of hydrogen-bond acceptors (Lipinski definition) is 2. The van der Waals surface area contributed by atoms with E-state index in [1.54, 1.807) is 0 Å². The zero-order chi connectivity index (χ0) is 12.0. The smallest absolute Gasteiger partial charge is 0.271 e. The molecule has 0 atom stereocenters. The van der Waals surface area contributed by atoms with Crippen molar-refractivity contribution in [3.8, 4) is 0 Å². The molecule has 0 bridgehead atoms. The number of amides is 1. The zero-order valence-electron chi connectivity index (χ0n) is 10.3. The maximum absolute atomic E-state index is 11.8. The molecule has 1 aromatic heterocycles. The highest BCUT2D eigenvalue weighted by Gasteiger charge is 2.13. The lowest BCUT2D eigenvalue weighted by molar-refractivity contribution is 0.0930. The molecule has 1 aromatic rings. The Kier molecular flexibility index (Phi) is 5.02. The minimum atomic E-state index is -0.0766. The molecule has 0 spiro atoms. The van der Waals surface area contributed by atoms with Gasteiger partial charge in [0.1, 0.15) is 5.69 Å². The summed E-state index contributed by atoms with van der Waals surface area (Å²) >= 11 is 0. The van der Waals surface area contributed by atoms with Gasteiger partial charge in [0.25, 0.3) is 5.91 Å². The molecule has 16 heavy (non-hydrogen) atoms. The first-order chi connectivity index (χ1) is 7.71. The van der Waals surface area contributed by atoms with Gasteiger partial charge in [0, 0.05) is 11.7 Å². The van der Waals surface area contributed by atoms with Crippen LogP contribution in [0.25, 0.3) is 0 Å². The Bertz CT molecular complexity index is 329. The van der Waals surface area contributed by atoms with Crippen molar-refractivity contribution in [2.45, 2.75) is 52.5 Å². The Labute approximate surface area is 96.8 Å². The van der Waals surface area contributed by atoms with Crippen LogP contribution in [0.3, 0.4) is 0 Å². The minimum absolute atomic E-state index is 0.0766. The first-order valence-corrected chi connectivity index (χ1v) is 6.06. The van der Waals surface area contributed by atoms with Gasteiger partial charge in [-0.15, -0.1) is 0 Å². The molecule has 0 radical (unpaired) electrons. The number of aromatic amines is 1. The third-order valence-corrected chi connectivity index (χ3v) is 2.70. The molecule has 0 aliphatic heterocycles. The van der Waals surface area contributed by atoms with E-state index in [0.29, 0.717) is 5.69 Å². The van der Waals surface area contributed by atoms with Crippen LogP contribution in [0.5, 0.6) is 0 Å². The van der Waals surface area contributed by atoms with Gasteiger partial charge in [-0.2, -0.15) is 5.10 Å². The molecule has 0 aromatic carbocycles. The first-order valence-electron chi connectivity index (χ1n) is 6.06. The maximum Gasteiger partial charge on any atom is 0.271 e. The second-order valence-electron chi connectivity index (χ2n) is 4.02. The molecule has 0 saturated carbocycles. The fourth-order valence-electron chi connectivity index (χ4n) is 1.63. The Hall–Kier alpha value is -1.32. The average molecular weight is 223 g/mol. The van der Waals surface area contributed by atoms with Crippen molar-refractivity contribution in [1.29, 1.82) is 0 Å². The molecular formula is C12H21N3O. The van der Waals surface area contributed by atoms with E-state index < -0.39 is 0 Å². The van der Waals surface area contributed by atoms with Crippen LogP contribution in [0.4, 0.5) is 0 Å². The molecule has 1 rings (SSSR count). The quantitative estimate of drug-likeness (QED) is 0.777. The van der Waals surface area contributed by atoms with Crippen molar-refractivity contribution in [3.63, 3.8) is 0 Å². The molecule has 0 aliphatic rings. The van der Waals surface area contributed by atoms with Crippen LogP contribution in [0.2, 0.25) is 0 Å². The summed E-state index contributed by atoms with van der Waals surface area (Å²) in [6.45, 7) is 6.24. The summed E-state index contributed by atoms with van der Waals surface area (Å²) in [5.41, 5.74) is 1.52. The summed E-state index contributed by atoms with van der Waals surface area (Å²) in [5.74, 6) is -0.0766.